The molecule has 2 heterocycles. The summed E-state index contributed by atoms with van der Waals surface area (Å²) in [6.07, 6.45) is 0.389. The van der Waals surface area contributed by atoms with Gasteiger partial charge < -0.3 is 14.2 Å². The number of nitrogens with zero attached hydrogens (tertiary/aromatic N) is 2. The third-order valence-electron chi connectivity index (χ3n) is 5.05. The van der Waals surface area contributed by atoms with Crippen LogP contribution in [0.4, 0.5) is 0 Å². The largest absolute Gasteiger partial charge is 0.493 e. The quantitative estimate of drug-likeness (QED) is 0.529. The molecule has 0 aromatic heterocycles. The van der Waals surface area contributed by atoms with E-state index >= 15 is 0 Å². The highest BCUT2D eigenvalue weighted by Gasteiger charge is 2.42. The van der Waals surface area contributed by atoms with Crippen molar-refractivity contribution in [1.82, 2.24) is 4.90 Å². The third-order valence-corrected chi connectivity index (χ3v) is 6.00. The molecule has 0 saturated carbocycles. The number of hydrogen-bond acceptors (Lipinski definition) is 7. The minimum atomic E-state index is -0.629. The SMILES string of the molecule is COc1cc([C@H]2C(C(=O)OCC(C)C)=C(C)N=C3SCCC(=O)N32)ccc1OCC(C)C. The Morgan fingerprint density at radius 2 is 1.91 bits per heavy atom. The number of carbonyl (C=O) groups is 2. The van der Waals surface area contributed by atoms with Gasteiger partial charge in [-0.05, 0) is 36.5 Å². The van der Waals surface area contributed by atoms with Gasteiger partial charge in [-0.25, -0.2) is 9.79 Å². The highest BCUT2D eigenvalue weighted by Crippen LogP contribution is 2.42. The average molecular weight is 461 g/mol. The van der Waals surface area contributed by atoms with E-state index in [9.17, 15) is 9.59 Å². The predicted octanol–water partition coefficient (Wildman–Crippen LogP) is 4.58. The van der Waals surface area contributed by atoms with Crippen molar-refractivity contribution in [3.8, 4) is 11.5 Å². The summed E-state index contributed by atoms with van der Waals surface area (Å²) < 4.78 is 17.0. The number of fused-ring (bicyclic) bond motifs is 1. The summed E-state index contributed by atoms with van der Waals surface area (Å²) in [7, 11) is 1.58. The Bertz CT molecular complexity index is 938. The number of thioether (sulfide) groups is 1. The predicted molar refractivity (Wildman–Crippen MR) is 126 cm³/mol. The molecule has 0 bridgehead atoms. The molecule has 0 aliphatic carbocycles. The van der Waals surface area contributed by atoms with Crippen molar-refractivity contribution >= 4 is 28.8 Å². The maximum Gasteiger partial charge on any atom is 0.338 e. The highest BCUT2D eigenvalue weighted by atomic mass is 32.2. The van der Waals surface area contributed by atoms with E-state index in [-0.39, 0.29) is 11.8 Å². The van der Waals surface area contributed by atoms with Gasteiger partial charge in [0.15, 0.2) is 16.7 Å². The number of allylic oxidation sites excluding steroid dienone is 1. The van der Waals surface area contributed by atoms with Crippen LogP contribution < -0.4 is 9.47 Å². The molecule has 174 valence electrons. The topological polar surface area (TPSA) is 77.4 Å². The first kappa shape index (κ1) is 24.2. The average Bonchev–Trinajstić information content (AvgIpc) is 2.75. The second kappa shape index (κ2) is 10.4. The molecule has 2 aliphatic rings. The zero-order valence-corrected chi connectivity index (χ0v) is 20.5. The molecular formula is C24H32N2O5S. The van der Waals surface area contributed by atoms with E-state index in [0.717, 1.165) is 5.56 Å². The summed E-state index contributed by atoms with van der Waals surface area (Å²) in [4.78, 5) is 32.3. The molecular weight excluding hydrogens is 428 g/mol. The smallest absolute Gasteiger partial charge is 0.338 e. The number of rotatable bonds is 8. The Morgan fingerprint density at radius 3 is 2.56 bits per heavy atom. The van der Waals surface area contributed by atoms with Crippen LogP contribution in [0.3, 0.4) is 0 Å². The third kappa shape index (κ3) is 5.28. The molecule has 0 N–H and O–H groups in total. The summed E-state index contributed by atoms with van der Waals surface area (Å²) in [6, 6.07) is 4.91. The van der Waals surface area contributed by atoms with Crippen molar-refractivity contribution in [1.29, 1.82) is 0 Å². The van der Waals surface area contributed by atoms with Gasteiger partial charge in [-0.1, -0.05) is 45.5 Å². The molecule has 1 aromatic rings. The molecule has 0 unspecified atom stereocenters. The van der Waals surface area contributed by atoms with Crippen LogP contribution >= 0.6 is 11.8 Å². The molecule has 0 spiro atoms. The van der Waals surface area contributed by atoms with Gasteiger partial charge in [0.05, 0.1) is 37.6 Å². The van der Waals surface area contributed by atoms with Crippen LogP contribution in [0, 0.1) is 11.8 Å². The van der Waals surface area contributed by atoms with Gasteiger partial charge >= 0.3 is 5.97 Å². The van der Waals surface area contributed by atoms with Gasteiger partial charge in [0.1, 0.15) is 0 Å². The minimum absolute atomic E-state index is 0.0618. The summed E-state index contributed by atoms with van der Waals surface area (Å²) >= 11 is 1.52. The first-order chi connectivity index (χ1) is 15.2. The molecule has 32 heavy (non-hydrogen) atoms. The Hall–Kier alpha value is -2.48. The lowest BCUT2D eigenvalue weighted by Gasteiger charge is -2.39. The van der Waals surface area contributed by atoms with Gasteiger partial charge in [0, 0.05) is 12.2 Å². The summed E-state index contributed by atoms with van der Waals surface area (Å²) in [6.45, 7) is 10.8. The van der Waals surface area contributed by atoms with Crippen LogP contribution in [0.2, 0.25) is 0 Å². The molecule has 1 saturated heterocycles. The number of amidine groups is 1. The molecule has 2 aliphatic heterocycles. The van der Waals surface area contributed by atoms with E-state index in [1.54, 1.807) is 18.9 Å². The highest BCUT2D eigenvalue weighted by molar-refractivity contribution is 8.14. The Morgan fingerprint density at radius 1 is 1.19 bits per heavy atom. The maximum atomic E-state index is 13.1. The zero-order valence-electron chi connectivity index (χ0n) is 19.6. The molecule has 0 radical (unpaired) electrons. The van der Waals surface area contributed by atoms with E-state index in [1.807, 2.05) is 32.0 Å². The second-order valence-corrected chi connectivity index (χ2v) is 9.83. The fraction of sp³-hybridized carbons (Fsp3) is 0.542. The first-order valence-electron chi connectivity index (χ1n) is 10.9. The van der Waals surface area contributed by atoms with Gasteiger partial charge in [-0.15, -0.1) is 0 Å². The second-order valence-electron chi connectivity index (χ2n) is 8.77. The first-order valence-corrected chi connectivity index (χ1v) is 11.9. The van der Waals surface area contributed by atoms with Gasteiger partial charge in [0.25, 0.3) is 0 Å². The normalized spacial score (nSPS) is 18.6. The zero-order chi connectivity index (χ0) is 23.4. The van der Waals surface area contributed by atoms with Crippen molar-refractivity contribution in [3.05, 3.63) is 35.0 Å². The van der Waals surface area contributed by atoms with Crippen molar-refractivity contribution in [3.63, 3.8) is 0 Å². The molecule has 7 nitrogen and oxygen atoms in total. The van der Waals surface area contributed by atoms with Crippen LogP contribution in [-0.4, -0.2) is 48.0 Å². The Balaban J connectivity index is 2.05. The molecule has 1 amide bonds. The lowest BCUT2D eigenvalue weighted by atomic mass is 9.93. The van der Waals surface area contributed by atoms with Gasteiger partial charge in [-0.2, -0.15) is 0 Å². The summed E-state index contributed by atoms with van der Waals surface area (Å²) in [5.74, 6) is 1.90. The standard InChI is InChI=1S/C24H32N2O5S/c1-14(2)12-30-18-8-7-17(11-19(18)29-6)22-21(23(28)31-13-15(3)4)16(5)25-24-26(22)20(27)9-10-32-24/h7-8,11,14-15,22H,9-10,12-13H2,1-6H3/t22-/m0/s1. The number of aliphatic imine (C=N–C) groups is 1. The number of esters is 1. The Labute approximate surface area is 194 Å². The van der Waals surface area contributed by atoms with Crippen LogP contribution in [0.5, 0.6) is 11.5 Å². The fourth-order valence-corrected chi connectivity index (χ4v) is 4.53. The monoisotopic (exact) mass is 460 g/mol. The van der Waals surface area contributed by atoms with E-state index in [2.05, 4.69) is 18.8 Å². The summed E-state index contributed by atoms with van der Waals surface area (Å²) in [5.41, 5.74) is 1.69. The lowest BCUT2D eigenvalue weighted by Crippen LogP contribution is -2.45. The van der Waals surface area contributed by atoms with Gasteiger partial charge in [-0.3, -0.25) is 9.69 Å². The molecule has 1 atom stereocenters. The maximum absolute atomic E-state index is 13.1. The molecule has 1 aromatic carbocycles. The molecule has 3 rings (SSSR count). The van der Waals surface area contributed by atoms with Crippen molar-refractivity contribution in [2.75, 3.05) is 26.1 Å². The Kier molecular flexibility index (Phi) is 7.87. The fourth-order valence-electron chi connectivity index (χ4n) is 3.52. The number of amides is 1. The number of benzene rings is 1. The van der Waals surface area contributed by atoms with Crippen molar-refractivity contribution in [2.45, 2.75) is 47.1 Å². The number of methoxy groups -OCH3 is 1. The van der Waals surface area contributed by atoms with Crippen LogP contribution in [0.15, 0.2) is 34.5 Å². The van der Waals surface area contributed by atoms with E-state index in [4.69, 9.17) is 14.2 Å². The van der Waals surface area contributed by atoms with Gasteiger partial charge in [0.2, 0.25) is 5.91 Å². The summed E-state index contributed by atoms with van der Waals surface area (Å²) in [5, 5.41) is 0.614. The number of carbonyl (C=O) groups excluding carboxylic acids is 2. The van der Waals surface area contributed by atoms with E-state index in [1.165, 1.54) is 11.8 Å². The minimum Gasteiger partial charge on any atom is -0.493 e. The number of hydrogen-bond donors (Lipinski definition) is 0. The molecule has 1 fully saturated rings. The van der Waals surface area contributed by atoms with Crippen molar-refractivity contribution in [2.24, 2.45) is 16.8 Å². The number of ether oxygens (including phenoxy) is 3. The lowest BCUT2D eigenvalue weighted by molar-refractivity contribution is -0.141. The van der Waals surface area contributed by atoms with Crippen LogP contribution in [-0.2, 0) is 14.3 Å². The molecule has 8 heteroatoms. The van der Waals surface area contributed by atoms with Crippen LogP contribution in [0.1, 0.15) is 52.6 Å². The van der Waals surface area contributed by atoms with Crippen LogP contribution in [0.25, 0.3) is 0 Å². The van der Waals surface area contributed by atoms with E-state index in [0.29, 0.717) is 59.2 Å². The van der Waals surface area contributed by atoms with Crippen molar-refractivity contribution < 1.29 is 23.8 Å². The van der Waals surface area contributed by atoms with E-state index < -0.39 is 12.0 Å².